The first-order valence-corrected chi connectivity index (χ1v) is 11.2. The normalized spacial score (nSPS) is 14.1. The van der Waals surface area contributed by atoms with Crippen LogP contribution < -0.4 is 15.4 Å². The summed E-state index contributed by atoms with van der Waals surface area (Å²) < 4.78 is 5.92. The Hall–Kier alpha value is -3.27. The molecule has 0 aromatic heterocycles. The predicted molar refractivity (Wildman–Crippen MR) is 127 cm³/mol. The van der Waals surface area contributed by atoms with Crippen molar-refractivity contribution in [2.24, 2.45) is 5.92 Å². The van der Waals surface area contributed by atoms with Crippen molar-refractivity contribution in [3.8, 4) is 5.75 Å². The molecule has 1 amide bonds. The molecule has 1 aliphatic rings. The van der Waals surface area contributed by atoms with Crippen LogP contribution in [0.3, 0.4) is 0 Å². The molecule has 0 unspecified atom stereocenters. The van der Waals surface area contributed by atoms with E-state index in [1.807, 2.05) is 78.9 Å². The van der Waals surface area contributed by atoms with Crippen molar-refractivity contribution >= 4 is 23.0 Å². The molecule has 2 N–H and O–H groups in total. The Labute approximate surface area is 184 Å². The lowest BCUT2D eigenvalue weighted by molar-refractivity contribution is 0.102. The second kappa shape index (κ2) is 10.7. The fourth-order valence-corrected chi connectivity index (χ4v) is 4.12. The van der Waals surface area contributed by atoms with Crippen molar-refractivity contribution in [1.29, 1.82) is 0 Å². The summed E-state index contributed by atoms with van der Waals surface area (Å²) in [6.45, 7) is 0.759. The first-order chi connectivity index (χ1) is 15.3. The molecule has 4 heteroatoms. The zero-order valence-corrected chi connectivity index (χ0v) is 17.8. The molecule has 160 valence electrons. The van der Waals surface area contributed by atoms with Crippen LogP contribution in [0.2, 0.25) is 0 Å². The van der Waals surface area contributed by atoms with E-state index in [9.17, 15) is 4.79 Å². The van der Waals surface area contributed by atoms with Crippen LogP contribution in [0.1, 0.15) is 48.9 Å². The molecule has 0 spiro atoms. The smallest absolute Gasteiger partial charge is 0.257 e. The van der Waals surface area contributed by atoms with Gasteiger partial charge < -0.3 is 15.4 Å². The summed E-state index contributed by atoms with van der Waals surface area (Å²) in [4.78, 5) is 12.9. The number of benzene rings is 3. The minimum Gasteiger partial charge on any atom is -0.494 e. The van der Waals surface area contributed by atoms with Crippen LogP contribution in [-0.2, 0) is 0 Å². The molecular formula is C27H30N2O2. The highest BCUT2D eigenvalue weighted by Gasteiger charge is 2.14. The maximum atomic E-state index is 12.9. The van der Waals surface area contributed by atoms with Gasteiger partial charge in [-0.25, -0.2) is 0 Å². The average molecular weight is 415 g/mol. The van der Waals surface area contributed by atoms with E-state index >= 15 is 0 Å². The fraction of sp³-hybridized carbons (Fsp3) is 0.296. The molecule has 4 nitrogen and oxygen atoms in total. The maximum Gasteiger partial charge on any atom is 0.257 e. The van der Waals surface area contributed by atoms with Gasteiger partial charge in [0.05, 0.1) is 17.9 Å². The molecule has 4 rings (SSSR count). The monoisotopic (exact) mass is 414 g/mol. The van der Waals surface area contributed by atoms with Crippen LogP contribution in [0.15, 0.2) is 78.9 Å². The van der Waals surface area contributed by atoms with E-state index in [1.165, 1.54) is 32.1 Å². The van der Waals surface area contributed by atoms with Gasteiger partial charge in [-0.15, -0.1) is 0 Å². The molecule has 0 bridgehead atoms. The van der Waals surface area contributed by atoms with Gasteiger partial charge in [0, 0.05) is 11.4 Å². The Morgan fingerprint density at radius 1 is 0.806 bits per heavy atom. The maximum absolute atomic E-state index is 12.9. The number of hydrogen-bond donors (Lipinski definition) is 2. The number of carbonyl (C=O) groups excluding carboxylic acids is 1. The number of nitrogens with one attached hydrogen (secondary N) is 2. The van der Waals surface area contributed by atoms with E-state index in [2.05, 4.69) is 10.6 Å². The van der Waals surface area contributed by atoms with Gasteiger partial charge >= 0.3 is 0 Å². The molecule has 0 saturated heterocycles. The van der Waals surface area contributed by atoms with Crippen molar-refractivity contribution in [1.82, 2.24) is 0 Å². The minimum atomic E-state index is -0.148. The number of rotatable bonds is 8. The van der Waals surface area contributed by atoms with E-state index in [0.717, 1.165) is 41.8 Å². The molecule has 0 aliphatic heterocycles. The van der Waals surface area contributed by atoms with Gasteiger partial charge in [-0.1, -0.05) is 62.4 Å². The van der Waals surface area contributed by atoms with Crippen LogP contribution in [0.25, 0.3) is 0 Å². The molecule has 1 aliphatic carbocycles. The van der Waals surface area contributed by atoms with Gasteiger partial charge in [-0.2, -0.15) is 0 Å². The van der Waals surface area contributed by atoms with E-state index in [-0.39, 0.29) is 5.91 Å². The predicted octanol–water partition coefficient (Wildman–Crippen LogP) is 7.03. The van der Waals surface area contributed by atoms with Gasteiger partial charge in [-0.05, 0) is 60.9 Å². The van der Waals surface area contributed by atoms with Crippen LogP contribution in [0, 0.1) is 5.92 Å². The molecular weight excluding hydrogens is 384 g/mol. The number of hydrogen-bond acceptors (Lipinski definition) is 3. The largest absolute Gasteiger partial charge is 0.494 e. The zero-order chi connectivity index (χ0) is 21.3. The van der Waals surface area contributed by atoms with Crippen molar-refractivity contribution in [2.75, 3.05) is 17.2 Å². The lowest BCUT2D eigenvalue weighted by Crippen LogP contribution is -2.14. The molecule has 1 fully saturated rings. The molecule has 31 heavy (non-hydrogen) atoms. The Kier molecular flexibility index (Phi) is 7.22. The van der Waals surface area contributed by atoms with Crippen molar-refractivity contribution < 1.29 is 9.53 Å². The van der Waals surface area contributed by atoms with Crippen molar-refractivity contribution in [3.63, 3.8) is 0 Å². The van der Waals surface area contributed by atoms with Crippen LogP contribution >= 0.6 is 0 Å². The summed E-state index contributed by atoms with van der Waals surface area (Å²) in [6, 6.07) is 25.0. The Bertz CT molecular complexity index is 964. The second-order valence-electron chi connectivity index (χ2n) is 8.16. The Morgan fingerprint density at radius 3 is 2.29 bits per heavy atom. The number of para-hydroxylation sites is 2. The topological polar surface area (TPSA) is 50.4 Å². The van der Waals surface area contributed by atoms with Crippen LogP contribution in [0.4, 0.5) is 17.1 Å². The van der Waals surface area contributed by atoms with Gasteiger partial charge in [-0.3, -0.25) is 4.79 Å². The molecule has 0 atom stereocenters. The summed E-state index contributed by atoms with van der Waals surface area (Å²) in [7, 11) is 0. The Balaban J connectivity index is 1.32. The van der Waals surface area contributed by atoms with Crippen molar-refractivity contribution in [2.45, 2.75) is 38.5 Å². The highest BCUT2D eigenvalue weighted by molar-refractivity contribution is 6.08. The molecule has 3 aromatic carbocycles. The van der Waals surface area contributed by atoms with Gasteiger partial charge in [0.2, 0.25) is 0 Å². The average Bonchev–Trinajstić information content (AvgIpc) is 2.82. The summed E-state index contributed by atoms with van der Waals surface area (Å²) in [6.07, 6.45) is 7.93. The molecule has 0 heterocycles. The summed E-state index contributed by atoms with van der Waals surface area (Å²) in [5, 5.41) is 6.30. The first-order valence-electron chi connectivity index (χ1n) is 11.2. The van der Waals surface area contributed by atoms with Crippen LogP contribution in [0.5, 0.6) is 5.75 Å². The van der Waals surface area contributed by atoms with Gasteiger partial charge in [0.15, 0.2) is 0 Å². The summed E-state index contributed by atoms with van der Waals surface area (Å²) in [5.41, 5.74) is 3.06. The molecule has 0 radical (unpaired) electrons. The third-order valence-corrected chi connectivity index (χ3v) is 5.86. The second-order valence-corrected chi connectivity index (χ2v) is 8.16. The quantitative estimate of drug-likeness (QED) is 0.416. The van der Waals surface area contributed by atoms with E-state index < -0.39 is 0 Å². The minimum absolute atomic E-state index is 0.148. The fourth-order valence-electron chi connectivity index (χ4n) is 4.12. The van der Waals surface area contributed by atoms with Crippen molar-refractivity contribution in [3.05, 3.63) is 84.4 Å². The summed E-state index contributed by atoms with van der Waals surface area (Å²) in [5.74, 6) is 1.52. The third-order valence-electron chi connectivity index (χ3n) is 5.86. The lowest BCUT2D eigenvalue weighted by atomic mass is 9.87. The lowest BCUT2D eigenvalue weighted by Gasteiger charge is -2.21. The SMILES string of the molecule is O=C(Nc1ccc(OCCC2CCCCC2)cc1)c1ccccc1Nc1ccccc1. The summed E-state index contributed by atoms with van der Waals surface area (Å²) >= 11 is 0. The number of ether oxygens (including phenoxy) is 1. The highest BCUT2D eigenvalue weighted by atomic mass is 16.5. The van der Waals surface area contributed by atoms with E-state index in [4.69, 9.17) is 4.74 Å². The van der Waals surface area contributed by atoms with E-state index in [0.29, 0.717) is 5.56 Å². The first kappa shape index (κ1) is 21.0. The standard InChI is InChI=1S/C27H30N2O2/c30-27(25-13-7-8-14-26(25)28-22-11-5-2-6-12-22)29-23-15-17-24(18-16-23)31-20-19-21-9-3-1-4-10-21/h2,5-8,11-18,21,28H,1,3-4,9-10,19-20H2,(H,29,30). The van der Waals surface area contributed by atoms with Gasteiger partial charge in [0.1, 0.15) is 5.75 Å². The Morgan fingerprint density at radius 2 is 1.52 bits per heavy atom. The zero-order valence-electron chi connectivity index (χ0n) is 17.8. The number of anilines is 3. The number of amides is 1. The highest BCUT2D eigenvalue weighted by Crippen LogP contribution is 2.27. The molecule has 1 saturated carbocycles. The van der Waals surface area contributed by atoms with Crippen LogP contribution in [-0.4, -0.2) is 12.5 Å². The molecule has 3 aromatic rings. The van der Waals surface area contributed by atoms with E-state index in [1.54, 1.807) is 0 Å². The third kappa shape index (κ3) is 6.11. The van der Waals surface area contributed by atoms with Gasteiger partial charge in [0.25, 0.3) is 5.91 Å². The number of carbonyl (C=O) groups is 1.